The van der Waals surface area contributed by atoms with Gasteiger partial charge >= 0.3 is 0 Å². The summed E-state index contributed by atoms with van der Waals surface area (Å²) in [5.41, 5.74) is 4.19. The number of nitrogens with one attached hydrogen (secondary N) is 1. The number of carbonyl (C=O) groups is 2. The van der Waals surface area contributed by atoms with E-state index >= 15 is 0 Å². The zero-order valence-corrected chi connectivity index (χ0v) is 20.0. The van der Waals surface area contributed by atoms with E-state index in [1.807, 2.05) is 78.9 Å². The Morgan fingerprint density at radius 2 is 1.44 bits per heavy atom. The molecule has 0 aliphatic heterocycles. The number of hydrogen-bond donors (Lipinski definition) is 1. The molecular weight excluding hydrogens is 420 g/mol. The van der Waals surface area contributed by atoms with Crippen molar-refractivity contribution in [2.24, 2.45) is 0 Å². The molecule has 0 heterocycles. The third-order valence-electron chi connectivity index (χ3n) is 6.77. The minimum Gasteiger partial charge on any atom is -0.352 e. The average Bonchev–Trinajstić information content (AvgIpc) is 3.36. The second kappa shape index (κ2) is 11.6. The standard InChI is InChI=1S/C30H34N2O2/c1-23-12-8-9-17-26(23)22-32(29(33)21-25-15-6-3-7-16-25)28(20-24-13-4-2-5-14-24)30(34)31-27-18-10-11-19-27/h2-9,12-17,27-28H,10-11,18-22H2,1H3,(H,31,34). The Bertz CT molecular complexity index is 1080. The number of benzene rings is 3. The Kier molecular flexibility index (Phi) is 8.13. The van der Waals surface area contributed by atoms with E-state index in [1.54, 1.807) is 4.90 Å². The third kappa shape index (κ3) is 6.34. The molecule has 2 amide bonds. The van der Waals surface area contributed by atoms with E-state index in [9.17, 15) is 9.59 Å². The predicted molar refractivity (Wildman–Crippen MR) is 136 cm³/mol. The van der Waals surface area contributed by atoms with Gasteiger partial charge in [0.05, 0.1) is 6.42 Å². The van der Waals surface area contributed by atoms with Crippen LogP contribution in [0.5, 0.6) is 0 Å². The topological polar surface area (TPSA) is 49.4 Å². The van der Waals surface area contributed by atoms with Gasteiger partial charge in [-0.3, -0.25) is 9.59 Å². The molecule has 4 rings (SSSR count). The predicted octanol–water partition coefficient (Wildman–Crippen LogP) is 5.24. The number of amides is 2. The second-order valence-corrected chi connectivity index (χ2v) is 9.31. The van der Waals surface area contributed by atoms with Gasteiger partial charge in [0.2, 0.25) is 11.8 Å². The van der Waals surface area contributed by atoms with Gasteiger partial charge in [-0.15, -0.1) is 0 Å². The van der Waals surface area contributed by atoms with Crippen molar-refractivity contribution in [3.63, 3.8) is 0 Å². The van der Waals surface area contributed by atoms with E-state index in [-0.39, 0.29) is 24.3 Å². The molecule has 0 radical (unpaired) electrons. The molecule has 3 aromatic carbocycles. The molecule has 4 heteroatoms. The lowest BCUT2D eigenvalue weighted by Crippen LogP contribution is -2.52. The van der Waals surface area contributed by atoms with E-state index < -0.39 is 6.04 Å². The first kappa shape index (κ1) is 23.7. The summed E-state index contributed by atoms with van der Waals surface area (Å²) >= 11 is 0. The van der Waals surface area contributed by atoms with Crippen LogP contribution in [0.25, 0.3) is 0 Å². The van der Waals surface area contributed by atoms with Crippen LogP contribution in [-0.4, -0.2) is 28.8 Å². The number of rotatable bonds is 9. The van der Waals surface area contributed by atoms with Crippen molar-refractivity contribution in [2.45, 2.75) is 64.1 Å². The minimum atomic E-state index is -0.571. The van der Waals surface area contributed by atoms with Crippen molar-refractivity contribution >= 4 is 11.8 Å². The Morgan fingerprint density at radius 3 is 2.09 bits per heavy atom. The molecule has 176 valence electrons. The molecular formula is C30H34N2O2. The van der Waals surface area contributed by atoms with Crippen molar-refractivity contribution in [3.05, 3.63) is 107 Å². The van der Waals surface area contributed by atoms with E-state index in [0.717, 1.165) is 47.9 Å². The van der Waals surface area contributed by atoms with Gasteiger partial charge in [0.15, 0.2) is 0 Å². The van der Waals surface area contributed by atoms with Crippen molar-refractivity contribution in [3.8, 4) is 0 Å². The SMILES string of the molecule is Cc1ccccc1CN(C(=O)Cc1ccccc1)C(Cc1ccccc1)C(=O)NC1CCCC1. The highest BCUT2D eigenvalue weighted by Crippen LogP contribution is 2.21. The first-order valence-corrected chi connectivity index (χ1v) is 12.3. The maximum atomic E-state index is 13.7. The fourth-order valence-electron chi connectivity index (χ4n) is 4.76. The summed E-state index contributed by atoms with van der Waals surface area (Å²) in [6.45, 7) is 2.47. The van der Waals surface area contributed by atoms with Crippen LogP contribution in [0.4, 0.5) is 0 Å². The van der Waals surface area contributed by atoms with Crippen molar-refractivity contribution in [1.82, 2.24) is 10.2 Å². The molecule has 0 bridgehead atoms. The van der Waals surface area contributed by atoms with Crippen LogP contribution in [0, 0.1) is 6.92 Å². The van der Waals surface area contributed by atoms with Gasteiger partial charge in [-0.1, -0.05) is 97.8 Å². The Labute approximate surface area is 203 Å². The molecule has 34 heavy (non-hydrogen) atoms. The van der Waals surface area contributed by atoms with Crippen LogP contribution in [-0.2, 0) is 29.0 Å². The zero-order chi connectivity index (χ0) is 23.8. The maximum Gasteiger partial charge on any atom is 0.243 e. The van der Waals surface area contributed by atoms with Crippen LogP contribution >= 0.6 is 0 Å². The molecule has 1 N–H and O–H groups in total. The van der Waals surface area contributed by atoms with Gasteiger partial charge in [-0.2, -0.15) is 0 Å². The van der Waals surface area contributed by atoms with Gasteiger partial charge in [0.1, 0.15) is 6.04 Å². The van der Waals surface area contributed by atoms with Crippen molar-refractivity contribution in [1.29, 1.82) is 0 Å². The van der Waals surface area contributed by atoms with Crippen molar-refractivity contribution in [2.75, 3.05) is 0 Å². The Hall–Kier alpha value is -3.40. The van der Waals surface area contributed by atoms with Gasteiger partial charge < -0.3 is 10.2 Å². The molecule has 3 aromatic rings. The van der Waals surface area contributed by atoms with Crippen LogP contribution in [0.2, 0.25) is 0 Å². The van der Waals surface area contributed by atoms with E-state index in [1.165, 1.54) is 0 Å². The number of carbonyl (C=O) groups excluding carboxylic acids is 2. The maximum absolute atomic E-state index is 13.7. The molecule has 0 aromatic heterocycles. The van der Waals surface area contributed by atoms with E-state index in [2.05, 4.69) is 18.3 Å². The second-order valence-electron chi connectivity index (χ2n) is 9.31. The van der Waals surface area contributed by atoms with E-state index in [4.69, 9.17) is 0 Å². The smallest absolute Gasteiger partial charge is 0.243 e. The fourth-order valence-corrected chi connectivity index (χ4v) is 4.76. The normalized spacial score (nSPS) is 14.5. The van der Waals surface area contributed by atoms with Crippen molar-refractivity contribution < 1.29 is 9.59 Å². The van der Waals surface area contributed by atoms with Crippen LogP contribution in [0.15, 0.2) is 84.9 Å². The first-order valence-electron chi connectivity index (χ1n) is 12.3. The Morgan fingerprint density at radius 1 is 0.853 bits per heavy atom. The molecule has 1 aliphatic rings. The summed E-state index contributed by atoms with van der Waals surface area (Å²) < 4.78 is 0. The first-order chi connectivity index (χ1) is 16.6. The van der Waals surface area contributed by atoms with Gasteiger partial charge in [0, 0.05) is 19.0 Å². The molecule has 4 nitrogen and oxygen atoms in total. The lowest BCUT2D eigenvalue weighted by molar-refractivity contribution is -0.141. The molecule has 1 atom stereocenters. The Balaban J connectivity index is 1.66. The zero-order valence-electron chi connectivity index (χ0n) is 20.0. The van der Waals surface area contributed by atoms with Crippen LogP contribution in [0.1, 0.15) is 47.9 Å². The molecule has 1 unspecified atom stereocenters. The number of hydrogen-bond acceptors (Lipinski definition) is 2. The summed E-state index contributed by atoms with van der Waals surface area (Å²) in [4.78, 5) is 29.2. The highest BCUT2D eigenvalue weighted by atomic mass is 16.2. The third-order valence-corrected chi connectivity index (χ3v) is 6.77. The molecule has 0 saturated heterocycles. The fraction of sp³-hybridized carbons (Fsp3) is 0.333. The van der Waals surface area contributed by atoms with Gasteiger partial charge in [-0.05, 0) is 42.0 Å². The summed E-state index contributed by atoms with van der Waals surface area (Å²) in [5.74, 6) is -0.0808. The quantitative estimate of drug-likeness (QED) is 0.481. The van der Waals surface area contributed by atoms with Gasteiger partial charge in [-0.25, -0.2) is 0 Å². The van der Waals surface area contributed by atoms with Crippen LogP contribution < -0.4 is 5.32 Å². The largest absolute Gasteiger partial charge is 0.352 e. The average molecular weight is 455 g/mol. The van der Waals surface area contributed by atoms with Gasteiger partial charge in [0.25, 0.3) is 0 Å². The summed E-state index contributed by atoms with van der Waals surface area (Å²) in [6, 6.07) is 27.5. The molecule has 1 fully saturated rings. The highest BCUT2D eigenvalue weighted by molar-refractivity contribution is 5.89. The van der Waals surface area contributed by atoms with E-state index in [0.29, 0.717) is 13.0 Å². The highest BCUT2D eigenvalue weighted by Gasteiger charge is 2.32. The van der Waals surface area contributed by atoms with Crippen LogP contribution in [0.3, 0.4) is 0 Å². The lowest BCUT2D eigenvalue weighted by atomic mass is 10.00. The minimum absolute atomic E-state index is 0.0306. The molecule has 0 spiro atoms. The summed E-state index contributed by atoms with van der Waals surface area (Å²) in [5, 5.41) is 3.27. The lowest BCUT2D eigenvalue weighted by Gasteiger charge is -2.33. The number of nitrogens with zero attached hydrogens (tertiary/aromatic N) is 1. The monoisotopic (exact) mass is 454 g/mol. The molecule has 1 saturated carbocycles. The summed E-state index contributed by atoms with van der Waals surface area (Å²) in [6.07, 6.45) is 5.09. The summed E-state index contributed by atoms with van der Waals surface area (Å²) in [7, 11) is 0. The number of aryl methyl sites for hydroxylation is 1. The molecule has 1 aliphatic carbocycles.